The zero-order valence-electron chi connectivity index (χ0n) is 14.2. The highest BCUT2D eigenvalue weighted by Gasteiger charge is 2.28. The smallest absolute Gasteiger partial charge is 0.129 e. The maximum Gasteiger partial charge on any atom is 0.129 e. The molecule has 3 N–H and O–H groups in total. The summed E-state index contributed by atoms with van der Waals surface area (Å²) in [6, 6.07) is 7.91. The van der Waals surface area contributed by atoms with Crippen LogP contribution < -0.4 is 15.4 Å². The number of hydrogen-bond donors (Lipinski definition) is 3. The van der Waals surface area contributed by atoms with Crippen LogP contribution >= 0.6 is 36.2 Å². The van der Waals surface area contributed by atoms with E-state index in [2.05, 4.69) is 15.6 Å². The van der Waals surface area contributed by atoms with E-state index >= 15 is 0 Å². The molecule has 5 nitrogen and oxygen atoms in total. The minimum Gasteiger partial charge on any atom is -0.496 e. The highest BCUT2D eigenvalue weighted by molar-refractivity contribution is 7.15. The molecule has 0 amide bonds. The molecule has 1 saturated heterocycles. The second kappa shape index (κ2) is 10.3. The fourth-order valence-electron chi connectivity index (χ4n) is 2.86. The fraction of sp³-hybridized carbons (Fsp3) is 0.471. The minimum absolute atomic E-state index is 0. The molecular weight excluding hydrogens is 381 g/mol. The number of nitrogens with one attached hydrogen (secondary N) is 2. The number of hydrogen-bond acceptors (Lipinski definition) is 6. The van der Waals surface area contributed by atoms with Crippen molar-refractivity contribution in [3.05, 3.63) is 35.3 Å². The molecule has 1 aliphatic heterocycles. The number of piperidine rings is 1. The van der Waals surface area contributed by atoms with E-state index in [0.717, 1.165) is 47.1 Å². The summed E-state index contributed by atoms with van der Waals surface area (Å²) in [6.45, 7) is 2.98. The molecule has 25 heavy (non-hydrogen) atoms. The van der Waals surface area contributed by atoms with E-state index in [1.54, 1.807) is 18.4 Å². The van der Waals surface area contributed by atoms with Crippen LogP contribution in [0, 0.1) is 0 Å². The number of benzene rings is 1. The number of β-amino-alcohol motifs (C(OH)–C–C–N with tert-alkyl or cyclic N) is 1. The second-order valence-electron chi connectivity index (χ2n) is 5.94. The Morgan fingerprint density at radius 1 is 1.36 bits per heavy atom. The van der Waals surface area contributed by atoms with Crippen LogP contribution in [0.25, 0.3) is 10.6 Å². The first kappa shape index (κ1) is 22.2. The lowest BCUT2D eigenvalue weighted by Gasteiger charge is -2.32. The summed E-state index contributed by atoms with van der Waals surface area (Å²) in [5, 5.41) is 18.0. The monoisotopic (exact) mass is 405 g/mol. The molecule has 2 heterocycles. The Kier molecular flexibility index (Phi) is 9.13. The van der Waals surface area contributed by atoms with Gasteiger partial charge in [-0.1, -0.05) is 12.1 Å². The van der Waals surface area contributed by atoms with E-state index in [9.17, 15) is 5.11 Å². The van der Waals surface area contributed by atoms with E-state index < -0.39 is 5.60 Å². The Labute approximate surface area is 165 Å². The van der Waals surface area contributed by atoms with Gasteiger partial charge in [-0.3, -0.25) is 0 Å². The van der Waals surface area contributed by atoms with Gasteiger partial charge in [0, 0.05) is 30.7 Å². The number of aromatic nitrogens is 1. The lowest BCUT2D eigenvalue weighted by atomic mass is 9.94. The van der Waals surface area contributed by atoms with Gasteiger partial charge in [0.2, 0.25) is 0 Å². The number of para-hydroxylation sites is 1. The second-order valence-corrected chi connectivity index (χ2v) is 7.06. The van der Waals surface area contributed by atoms with Crippen LogP contribution in [0.3, 0.4) is 0 Å². The quantitative estimate of drug-likeness (QED) is 0.689. The average Bonchev–Trinajstić information content (AvgIpc) is 3.04. The van der Waals surface area contributed by atoms with Crippen molar-refractivity contribution < 1.29 is 9.84 Å². The van der Waals surface area contributed by atoms with Crippen LogP contribution in [0.5, 0.6) is 5.75 Å². The Hall–Kier alpha value is -0.890. The van der Waals surface area contributed by atoms with Crippen molar-refractivity contribution in [1.29, 1.82) is 0 Å². The van der Waals surface area contributed by atoms with E-state index in [1.165, 1.54) is 0 Å². The molecule has 0 radical (unpaired) electrons. The van der Waals surface area contributed by atoms with Crippen LogP contribution in [0.15, 0.2) is 30.5 Å². The molecule has 0 aliphatic carbocycles. The molecule has 1 aromatic carbocycles. The van der Waals surface area contributed by atoms with Crippen molar-refractivity contribution in [3.8, 4) is 16.3 Å². The molecule has 140 valence electrons. The van der Waals surface area contributed by atoms with Crippen molar-refractivity contribution in [3.63, 3.8) is 0 Å². The molecule has 1 aromatic heterocycles. The molecule has 8 heteroatoms. The lowest BCUT2D eigenvalue weighted by Crippen LogP contribution is -2.51. The van der Waals surface area contributed by atoms with Gasteiger partial charge in [0.25, 0.3) is 0 Å². The van der Waals surface area contributed by atoms with Gasteiger partial charge in [-0.2, -0.15) is 0 Å². The van der Waals surface area contributed by atoms with Gasteiger partial charge < -0.3 is 20.5 Å². The number of rotatable bonds is 6. The topological polar surface area (TPSA) is 66.4 Å². The molecule has 3 rings (SSSR count). The van der Waals surface area contributed by atoms with Crippen LogP contribution in [0.2, 0.25) is 0 Å². The van der Waals surface area contributed by atoms with Gasteiger partial charge in [-0.05, 0) is 31.5 Å². The molecule has 1 aliphatic rings. The number of halogens is 2. The van der Waals surface area contributed by atoms with Crippen LogP contribution in [0.1, 0.15) is 17.7 Å². The highest BCUT2D eigenvalue weighted by atomic mass is 35.5. The van der Waals surface area contributed by atoms with Gasteiger partial charge >= 0.3 is 0 Å². The lowest BCUT2D eigenvalue weighted by molar-refractivity contribution is 0.0169. The molecular formula is C17H25Cl2N3O2S. The van der Waals surface area contributed by atoms with E-state index in [0.29, 0.717) is 13.1 Å². The molecule has 1 unspecified atom stereocenters. The van der Waals surface area contributed by atoms with Crippen molar-refractivity contribution in [2.45, 2.75) is 25.0 Å². The maximum atomic E-state index is 10.4. The van der Waals surface area contributed by atoms with Crippen molar-refractivity contribution >= 4 is 36.2 Å². The Balaban J connectivity index is 0.00000156. The highest BCUT2D eigenvalue weighted by Crippen LogP contribution is 2.32. The number of aliphatic hydroxyl groups is 1. The summed E-state index contributed by atoms with van der Waals surface area (Å²) in [5.41, 5.74) is 0.385. The summed E-state index contributed by atoms with van der Waals surface area (Å²) in [6.07, 6.45) is 3.77. The molecule has 1 fully saturated rings. The largest absolute Gasteiger partial charge is 0.496 e. The average molecular weight is 406 g/mol. The third-order valence-electron chi connectivity index (χ3n) is 4.09. The predicted molar refractivity (Wildman–Crippen MR) is 107 cm³/mol. The molecule has 1 atom stereocenters. The Morgan fingerprint density at radius 3 is 2.88 bits per heavy atom. The third kappa shape index (κ3) is 5.81. The predicted octanol–water partition coefficient (Wildman–Crippen LogP) is 2.87. The van der Waals surface area contributed by atoms with Gasteiger partial charge in [0.1, 0.15) is 10.8 Å². The summed E-state index contributed by atoms with van der Waals surface area (Å²) < 4.78 is 5.39. The zero-order valence-corrected chi connectivity index (χ0v) is 16.6. The molecule has 0 spiro atoms. The zero-order chi connectivity index (χ0) is 16.1. The first-order valence-corrected chi connectivity index (χ1v) is 8.74. The number of nitrogens with zero attached hydrogens (tertiary/aromatic N) is 1. The minimum atomic E-state index is -0.631. The first-order valence-electron chi connectivity index (χ1n) is 7.92. The number of methoxy groups -OCH3 is 1. The third-order valence-corrected chi connectivity index (χ3v) is 5.12. The molecule has 2 aromatic rings. The van der Waals surface area contributed by atoms with Crippen LogP contribution in [0.4, 0.5) is 0 Å². The maximum absolute atomic E-state index is 10.4. The SMILES string of the molecule is COc1ccccc1-c1ncc(CNCC2(O)CCCNC2)s1.Cl.Cl. The Bertz CT molecular complexity index is 648. The standard InChI is InChI=1S/C17H23N3O2S.2ClH/c1-22-15-6-3-2-5-14(15)16-20-10-13(23-16)9-19-12-17(21)7-4-8-18-11-17;;/h2-3,5-6,10,18-19,21H,4,7-9,11-12H2,1H3;2*1H. The van der Waals surface area contributed by atoms with Gasteiger partial charge in [0.05, 0.1) is 18.3 Å². The summed E-state index contributed by atoms with van der Waals surface area (Å²) in [7, 11) is 1.67. The Morgan fingerprint density at radius 2 is 2.16 bits per heavy atom. The van der Waals surface area contributed by atoms with E-state index in [4.69, 9.17) is 4.74 Å². The normalized spacial score (nSPS) is 19.6. The molecule has 0 bridgehead atoms. The van der Waals surface area contributed by atoms with Gasteiger partial charge in [-0.15, -0.1) is 36.2 Å². The van der Waals surface area contributed by atoms with Gasteiger partial charge in [-0.25, -0.2) is 4.98 Å². The van der Waals surface area contributed by atoms with Crippen molar-refractivity contribution in [2.75, 3.05) is 26.7 Å². The van der Waals surface area contributed by atoms with Crippen molar-refractivity contribution in [2.24, 2.45) is 0 Å². The summed E-state index contributed by atoms with van der Waals surface area (Å²) >= 11 is 1.65. The van der Waals surface area contributed by atoms with Crippen LogP contribution in [-0.2, 0) is 6.54 Å². The summed E-state index contributed by atoms with van der Waals surface area (Å²) in [5.74, 6) is 0.837. The van der Waals surface area contributed by atoms with Crippen LogP contribution in [-0.4, -0.2) is 42.4 Å². The summed E-state index contributed by atoms with van der Waals surface area (Å²) in [4.78, 5) is 5.65. The number of ether oxygens (including phenoxy) is 1. The van der Waals surface area contributed by atoms with E-state index in [1.807, 2.05) is 30.5 Å². The molecule has 0 saturated carbocycles. The first-order chi connectivity index (χ1) is 11.2. The fourth-order valence-corrected chi connectivity index (χ4v) is 3.77. The number of thiazole rings is 1. The van der Waals surface area contributed by atoms with Crippen molar-refractivity contribution in [1.82, 2.24) is 15.6 Å². The van der Waals surface area contributed by atoms with E-state index in [-0.39, 0.29) is 24.8 Å². The van der Waals surface area contributed by atoms with Gasteiger partial charge in [0.15, 0.2) is 0 Å².